The van der Waals surface area contributed by atoms with Crippen LogP contribution in [0.1, 0.15) is 16.3 Å². The Morgan fingerprint density at radius 2 is 2.31 bits per heavy atom. The number of nitrogen functional groups attached to an aromatic ring is 1. The van der Waals surface area contributed by atoms with Gasteiger partial charge in [-0.2, -0.15) is 0 Å². The fourth-order valence-electron chi connectivity index (χ4n) is 1.54. The second kappa shape index (κ2) is 3.65. The first kappa shape index (κ1) is 10.2. The van der Waals surface area contributed by atoms with Gasteiger partial charge in [0.15, 0.2) is 5.69 Å². The fourth-order valence-corrected chi connectivity index (χ4v) is 1.54. The van der Waals surface area contributed by atoms with E-state index < -0.39 is 5.97 Å². The largest absolute Gasteiger partial charge is 0.476 e. The van der Waals surface area contributed by atoms with Gasteiger partial charge in [0.2, 0.25) is 0 Å². The molecule has 6 nitrogen and oxygen atoms in total. The molecule has 0 unspecified atom stereocenters. The molecule has 0 radical (unpaired) electrons. The third-order valence-corrected chi connectivity index (χ3v) is 2.20. The summed E-state index contributed by atoms with van der Waals surface area (Å²) < 4.78 is 1.52. The number of carbonyl (C=O) groups is 2. The molecular weight excluding hydrogens is 210 g/mol. The van der Waals surface area contributed by atoms with Crippen molar-refractivity contribution in [2.24, 2.45) is 0 Å². The lowest BCUT2D eigenvalue weighted by Crippen LogP contribution is -1.97. The first-order valence-corrected chi connectivity index (χ1v) is 4.57. The maximum Gasteiger partial charge on any atom is 0.356 e. The van der Waals surface area contributed by atoms with Crippen LogP contribution in [0.5, 0.6) is 0 Å². The van der Waals surface area contributed by atoms with Crippen molar-refractivity contribution in [2.45, 2.75) is 6.42 Å². The number of pyridine rings is 1. The first-order chi connectivity index (χ1) is 7.63. The summed E-state index contributed by atoms with van der Waals surface area (Å²) in [7, 11) is 0. The lowest BCUT2D eigenvalue weighted by atomic mass is 10.3. The monoisotopic (exact) mass is 219 g/mol. The van der Waals surface area contributed by atoms with E-state index in [0.717, 1.165) is 0 Å². The quantitative estimate of drug-likeness (QED) is 0.726. The molecular formula is C10H9N3O3. The summed E-state index contributed by atoms with van der Waals surface area (Å²) in [5.41, 5.74) is 6.43. The number of aldehydes is 1. The van der Waals surface area contributed by atoms with Gasteiger partial charge < -0.3 is 20.0 Å². The number of aromatic carboxylic acids is 1. The van der Waals surface area contributed by atoms with Crippen LogP contribution in [0.4, 0.5) is 5.69 Å². The van der Waals surface area contributed by atoms with Crippen molar-refractivity contribution in [3.63, 3.8) is 0 Å². The average Bonchev–Trinajstić information content (AvgIpc) is 2.58. The molecule has 3 N–H and O–H groups in total. The average molecular weight is 219 g/mol. The van der Waals surface area contributed by atoms with E-state index in [1.807, 2.05) is 0 Å². The van der Waals surface area contributed by atoms with Crippen molar-refractivity contribution in [1.82, 2.24) is 9.38 Å². The van der Waals surface area contributed by atoms with Crippen LogP contribution in [-0.4, -0.2) is 26.7 Å². The second-order valence-electron chi connectivity index (χ2n) is 3.27. The number of hydrogen-bond donors (Lipinski definition) is 2. The number of carboxylic acid groups (broad SMARTS) is 1. The Hall–Kier alpha value is -2.37. The Bertz CT molecular complexity index is 574. The molecule has 2 aromatic rings. The third kappa shape index (κ3) is 1.50. The molecule has 0 aromatic carbocycles. The maximum absolute atomic E-state index is 10.9. The van der Waals surface area contributed by atoms with Crippen LogP contribution >= 0.6 is 0 Å². The summed E-state index contributed by atoms with van der Waals surface area (Å²) in [6, 6.07) is 3.16. The molecule has 0 fully saturated rings. The second-order valence-corrected chi connectivity index (χ2v) is 3.27. The van der Waals surface area contributed by atoms with Crippen LogP contribution in [0.25, 0.3) is 5.52 Å². The van der Waals surface area contributed by atoms with E-state index in [0.29, 0.717) is 23.3 Å². The molecule has 0 aliphatic rings. The molecule has 82 valence electrons. The number of nitrogens with zero attached hydrogens (tertiary/aromatic N) is 2. The Kier molecular flexibility index (Phi) is 2.32. The van der Waals surface area contributed by atoms with E-state index in [2.05, 4.69) is 4.98 Å². The zero-order chi connectivity index (χ0) is 11.7. The molecule has 0 aliphatic carbocycles. The van der Waals surface area contributed by atoms with Gasteiger partial charge in [0.25, 0.3) is 0 Å². The Morgan fingerprint density at radius 1 is 1.56 bits per heavy atom. The summed E-state index contributed by atoms with van der Waals surface area (Å²) in [6.45, 7) is 0. The van der Waals surface area contributed by atoms with E-state index >= 15 is 0 Å². The lowest BCUT2D eigenvalue weighted by Gasteiger charge is -1.98. The van der Waals surface area contributed by atoms with Gasteiger partial charge in [0, 0.05) is 11.9 Å². The highest BCUT2D eigenvalue weighted by Crippen LogP contribution is 2.16. The van der Waals surface area contributed by atoms with E-state index in [1.165, 1.54) is 4.40 Å². The van der Waals surface area contributed by atoms with Gasteiger partial charge in [-0.1, -0.05) is 0 Å². The molecule has 0 atom stereocenters. The maximum atomic E-state index is 10.9. The van der Waals surface area contributed by atoms with E-state index in [-0.39, 0.29) is 12.1 Å². The Balaban J connectivity index is 2.75. The third-order valence-electron chi connectivity index (χ3n) is 2.20. The minimum absolute atomic E-state index is 0.0535. The topological polar surface area (TPSA) is 97.7 Å². The number of hydrogen-bond acceptors (Lipinski definition) is 4. The molecule has 0 bridgehead atoms. The molecule has 0 saturated carbocycles. The summed E-state index contributed by atoms with van der Waals surface area (Å²) in [5.74, 6) is -0.755. The van der Waals surface area contributed by atoms with Gasteiger partial charge in [0.05, 0.1) is 11.9 Å². The van der Waals surface area contributed by atoms with Crippen molar-refractivity contribution >= 4 is 23.5 Å². The molecule has 2 heterocycles. The number of fused-ring (bicyclic) bond motifs is 1. The smallest absolute Gasteiger partial charge is 0.356 e. The zero-order valence-electron chi connectivity index (χ0n) is 8.25. The molecule has 2 rings (SSSR count). The number of carbonyl (C=O) groups excluding carboxylic acids is 1. The fraction of sp³-hybridized carbons (Fsp3) is 0.100. The predicted molar refractivity (Wildman–Crippen MR) is 56.3 cm³/mol. The molecule has 0 saturated heterocycles. The molecule has 0 amide bonds. The lowest BCUT2D eigenvalue weighted by molar-refractivity contribution is -0.107. The van der Waals surface area contributed by atoms with E-state index in [9.17, 15) is 9.59 Å². The standard InChI is InChI=1S/C10H9N3O3/c11-6-1-2-7-9(10(15)16)12-8(3-4-14)13(7)5-6/h1-2,4-5H,3,11H2,(H,15,16). The van der Waals surface area contributed by atoms with Crippen LogP contribution in [0, 0.1) is 0 Å². The number of imidazole rings is 1. The predicted octanol–water partition coefficient (Wildman–Crippen LogP) is 0.356. The number of rotatable bonds is 3. The highest BCUT2D eigenvalue weighted by Gasteiger charge is 2.16. The summed E-state index contributed by atoms with van der Waals surface area (Å²) >= 11 is 0. The summed E-state index contributed by atoms with van der Waals surface area (Å²) in [6.07, 6.45) is 2.27. The minimum atomic E-state index is -1.13. The van der Waals surface area contributed by atoms with Crippen LogP contribution in [-0.2, 0) is 11.2 Å². The minimum Gasteiger partial charge on any atom is -0.476 e. The van der Waals surface area contributed by atoms with Crippen molar-refractivity contribution in [2.75, 3.05) is 5.73 Å². The summed E-state index contributed by atoms with van der Waals surface area (Å²) in [5, 5.41) is 8.94. The molecule has 0 aliphatic heterocycles. The number of aromatic nitrogens is 2. The SMILES string of the molecule is Nc1ccc2c(C(=O)O)nc(CC=O)n2c1. The van der Waals surface area contributed by atoms with Crippen molar-refractivity contribution < 1.29 is 14.7 Å². The van der Waals surface area contributed by atoms with Gasteiger partial charge >= 0.3 is 5.97 Å². The molecule has 0 spiro atoms. The van der Waals surface area contributed by atoms with Crippen molar-refractivity contribution in [1.29, 1.82) is 0 Å². The highest BCUT2D eigenvalue weighted by molar-refractivity contribution is 5.94. The highest BCUT2D eigenvalue weighted by atomic mass is 16.4. The van der Waals surface area contributed by atoms with Gasteiger partial charge in [-0.05, 0) is 12.1 Å². The van der Waals surface area contributed by atoms with Gasteiger partial charge in [-0.15, -0.1) is 0 Å². The number of anilines is 1. The molecule has 6 heteroatoms. The normalized spacial score (nSPS) is 10.5. The Labute approximate surface area is 90.3 Å². The molecule has 2 aromatic heterocycles. The van der Waals surface area contributed by atoms with Crippen LogP contribution in [0.3, 0.4) is 0 Å². The zero-order valence-corrected chi connectivity index (χ0v) is 8.25. The van der Waals surface area contributed by atoms with Crippen LogP contribution in [0.15, 0.2) is 18.3 Å². The van der Waals surface area contributed by atoms with Gasteiger partial charge in [0.1, 0.15) is 12.1 Å². The van der Waals surface area contributed by atoms with E-state index in [4.69, 9.17) is 10.8 Å². The number of carboxylic acids is 1. The van der Waals surface area contributed by atoms with Crippen LogP contribution < -0.4 is 5.73 Å². The summed E-state index contributed by atoms with van der Waals surface area (Å²) in [4.78, 5) is 25.3. The van der Waals surface area contributed by atoms with E-state index in [1.54, 1.807) is 18.3 Å². The number of nitrogens with two attached hydrogens (primary N) is 1. The van der Waals surface area contributed by atoms with Crippen molar-refractivity contribution in [3.8, 4) is 0 Å². The van der Waals surface area contributed by atoms with Gasteiger partial charge in [-0.3, -0.25) is 0 Å². The Morgan fingerprint density at radius 3 is 2.94 bits per heavy atom. The van der Waals surface area contributed by atoms with Crippen LogP contribution in [0.2, 0.25) is 0 Å². The first-order valence-electron chi connectivity index (χ1n) is 4.57. The van der Waals surface area contributed by atoms with Gasteiger partial charge in [-0.25, -0.2) is 9.78 Å². The molecule has 16 heavy (non-hydrogen) atoms. The van der Waals surface area contributed by atoms with Crippen molar-refractivity contribution in [3.05, 3.63) is 29.8 Å².